The summed E-state index contributed by atoms with van der Waals surface area (Å²) in [7, 11) is 3.30. The fraction of sp³-hybridized carbons (Fsp3) is 0.391. The molecule has 0 bridgehead atoms. The highest BCUT2D eigenvalue weighted by Crippen LogP contribution is 2.29. The summed E-state index contributed by atoms with van der Waals surface area (Å²) in [6, 6.07) is 12.0. The number of methoxy groups -OCH3 is 2. The van der Waals surface area contributed by atoms with E-state index in [1.807, 2.05) is 44.2 Å². The number of nitrogens with zero attached hydrogens (tertiary/aromatic N) is 3. The first kappa shape index (κ1) is 20.2. The summed E-state index contributed by atoms with van der Waals surface area (Å²) in [5, 5.41) is 2.95. The maximum absolute atomic E-state index is 12.0. The molecule has 2 aromatic carbocycles. The Labute approximate surface area is 176 Å². The third-order valence-corrected chi connectivity index (χ3v) is 5.48. The molecule has 0 fully saturated rings. The highest BCUT2D eigenvalue weighted by molar-refractivity contribution is 5.94. The average molecular weight is 409 g/mol. The highest BCUT2D eigenvalue weighted by atomic mass is 16.5. The molecule has 0 aliphatic carbocycles. The number of fused-ring (bicyclic) bond motifs is 3. The van der Waals surface area contributed by atoms with Crippen LogP contribution in [0, 0.1) is 5.92 Å². The maximum atomic E-state index is 12.0. The molecule has 0 radical (unpaired) electrons. The van der Waals surface area contributed by atoms with Crippen molar-refractivity contribution in [1.29, 1.82) is 0 Å². The predicted molar refractivity (Wildman–Crippen MR) is 117 cm³/mol. The molecule has 0 unspecified atom stereocenters. The van der Waals surface area contributed by atoms with Gasteiger partial charge in [-0.2, -0.15) is 0 Å². The van der Waals surface area contributed by atoms with E-state index in [9.17, 15) is 4.79 Å². The van der Waals surface area contributed by atoms with E-state index in [0.717, 1.165) is 60.2 Å². The van der Waals surface area contributed by atoms with Crippen LogP contribution in [0.25, 0.3) is 11.0 Å². The molecule has 158 valence electrons. The fourth-order valence-corrected chi connectivity index (χ4v) is 3.81. The molecule has 30 heavy (non-hydrogen) atoms. The minimum Gasteiger partial charge on any atom is -0.493 e. The zero-order chi connectivity index (χ0) is 21.3. The number of carbonyl (C=O) groups excluding carboxylic acids is 1. The topological polar surface area (TPSA) is 68.6 Å². The summed E-state index contributed by atoms with van der Waals surface area (Å²) in [5.41, 5.74) is 3.99. The molecule has 1 aliphatic heterocycles. The van der Waals surface area contributed by atoms with Crippen molar-refractivity contribution in [3.63, 3.8) is 0 Å². The maximum Gasteiger partial charge on any atom is 0.226 e. The van der Waals surface area contributed by atoms with Crippen molar-refractivity contribution in [1.82, 2.24) is 14.5 Å². The zero-order valence-corrected chi connectivity index (χ0v) is 17.9. The van der Waals surface area contributed by atoms with E-state index >= 15 is 0 Å². The summed E-state index contributed by atoms with van der Waals surface area (Å²) >= 11 is 0. The number of ether oxygens (including phenoxy) is 2. The molecular weight excluding hydrogens is 380 g/mol. The second-order valence-electron chi connectivity index (χ2n) is 7.93. The lowest BCUT2D eigenvalue weighted by molar-refractivity contribution is -0.118. The number of anilines is 1. The normalized spacial score (nSPS) is 14.0. The van der Waals surface area contributed by atoms with Crippen molar-refractivity contribution < 1.29 is 14.3 Å². The van der Waals surface area contributed by atoms with E-state index in [0.29, 0.717) is 0 Å². The van der Waals surface area contributed by atoms with E-state index in [4.69, 9.17) is 14.5 Å². The van der Waals surface area contributed by atoms with E-state index < -0.39 is 0 Å². The van der Waals surface area contributed by atoms with Crippen LogP contribution in [0.2, 0.25) is 0 Å². The first-order chi connectivity index (χ1) is 14.5. The number of benzene rings is 2. The van der Waals surface area contributed by atoms with Gasteiger partial charge < -0.3 is 19.4 Å². The lowest BCUT2D eigenvalue weighted by Crippen LogP contribution is -2.33. The number of nitrogens with one attached hydrogen (secondary N) is 1. The quantitative estimate of drug-likeness (QED) is 0.674. The average Bonchev–Trinajstić information content (AvgIpc) is 3.10. The van der Waals surface area contributed by atoms with Gasteiger partial charge in [0.1, 0.15) is 5.82 Å². The second-order valence-corrected chi connectivity index (χ2v) is 7.93. The summed E-state index contributed by atoms with van der Waals surface area (Å²) in [5.74, 6) is 2.49. The minimum atomic E-state index is -0.0546. The number of amides is 1. The Morgan fingerprint density at radius 3 is 2.63 bits per heavy atom. The standard InChI is InChI=1S/C23H28N4O3/c1-15(2)23(28)24-17-6-7-19-18(12-17)25-22-14-26(9-10-27(19)22)13-16-5-8-20(29-3)21(11-16)30-4/h5-8,11-12,15H,9-10,13-14H2,1-4H3,(H,24,28). The molecule has 1 aromatic heterocycles. The summed E-state index contributed by atoms with van der Waals surface area (Å²) in [6.07, 6.45) is 0. The predicted octanol–water partition coefficient (Wildman–Crippen LogP) is 3.66. The molecule has 7 nitrogen and oxygen atoms in total. The first-order valence-electron chi connectivity index (χ1n) is 10.2. The third kappa shape index (κ3) is 3.98. The molecule has 1 N–H and O–H groups in total. The van der Waals surface area contributed by atoms with Crippen molar-refractivity contribution in [2.75, 3.05) is 26.1 Å². The molecule has 0 atom stereocenters. The Balaban J connectivity index is 1.51. The van der Waals surface area contributed by atoms with Crippen molar-refractivity contribution >= 4 is 22.6 Å². The Bertz CT molecular complexity index is 1070. The van der Waals surface area contributed by atoms with Gasteiger partial charge >= 0.3 is 0 Å². The number of hydrogen-bond acceptors (Lipinski definition) is 5. The van der Waals surface area contributed by atoms with Crippen molar-refractivity contribution in [2.24, 2.45) is 5.92 Å². The van der Waals surface area contributed by atoms with Gasteiger partial charge in [0.05, 0.1) is 31.8 Å². The van der Waals surface area contributed by atoms with Crippen LogP contribution < -0.4 is 14.8 Å². The van der Waals surface area contributed by atoms with Crippen molar-refractivity contribution in [2.45, 2.75) is 33.5 Å². The Morgan fingerprint density at radius 2 is 1.90 bits per heavy atom. The molecule has 0 spiro atoms. The zero-order valence-electron chi connectivity index (χ0n) is 17.9. The van der Waals surface area contributed by atoms with Crippen LogP contribution in [-0.4, -0.2) is 41.1 Å². The highest BCUT2D eigenvalue weighted by Gasteiger charge is 2.21. The number of imidazole rings is 1. The van der Waals surface area contributed by atoms with Gasteiger partial charge in [-0.05, 0) is 35.9 Å². The summed E-state index contributed by atoms with van der Waals surface area (Å²) in [4.78, 5) is 19.2. The van der Waals surface area contributed by atoms with Crippen molar-refractivity contribution in [3.8, 4) is 11.5 Å². The van der Waals surface area contributed by atoms with E-state index in [1.165, 1.54) is 5.56 Å². The van der Waals surface area contributed by atoms with E-state index in [-0.39, 0.29) is 11.8 Å². The van der Waals surface area contributed by atoms with Crippen LogP contribution in [0.3, 0.4) is 0 Å². The molecule has 7 heteroatoms. The lowest BCUT2D eigenvalue weighted by Gasteiger charge is -2.28. The SMILES string of the molecule is COc1ccc(CN2CCn3c(nc4cc(NC(=O)C(C)C)ccc43)C2)cc1OC. The third-order valence-electron chi connectivity index (χ3n) is 5.48. The van der Waals surface area contributed by atoms with Crippen LogP contribution in [-0.2, 0) is 24.4 Å². The fourth-order valence-electron chi connectivity index (χ4n) is 3.81. The monoisotopic (exact) mass is 408 g/mol. The first-order valence-corrected chi connectivity index (χ1v) is 10.2. The van der Waals surface area contributed by atoms with Gasteiger partial charge in [0.25, 0.3) is 0 Å². The van der Waals surface area contributed by atoms with Crippen LogP contribution >= 0.6 is 0 Å². The molecule has 1 aliphatic rings. The van der Waals surface area contributed by atoms with Gasteiger partial charge in [-0.15, -0.1) is 0 Å². The molecule has 0 saturated carbocycles. The Kier molecular flexibility index (Phi) is 5.63. The van der Waals surface area contributed by atoms with Gasteiger partial charge in [-0.3, -0.25) is 9.69 Å². The smallest absolute Gasteiger partial charge is 0.226 e. The van der Waals surface area contributed by atoms with Gasteiger partial charge in [0.15, 0.2) is 11.5 Å². The Hall–Kier alpha value is -3.06. The molecule has 1 amide bonds. The number of carbonyl (C=O) groups is 1. The second kappa shape index (κ2) is 8.36. The van der Waals surface area contributed by atoms with Gasteiger partial charge in [0.2, 0.25) is 5.91 Å². The van der Waals surface area contributed by atoms with E-state index in [2.05, 4.69) is 20.9 Å². The molecular formula is C23H28N4O3. The van der Waals surface area contributed by atoms with Gasteiger partial charge in [0, 0.05) is 31.2 Å². The van der Waals surface area contributed by atoms with Crippen LogP contribution in [0.1, 0.15) is 25.2 Å². The van der Waals surface area contributed by atoms with Crippen LogP contribution in [0.15, 0.2) is 36.4 Å². The van der Waals surface area contributed by atoms with Gasteiger partial charge in [-0.25, -0.2) is 4.98 Å². The number of aromatic nitrogens is 2. The molecule has 3 aromatic rings. The number of rotatable bonds is 6. The van der Waals surface area contributed by atoms with E-state index in [1.54, 1.807) is 14.2 Å². The Morgan fingerprint density at radius 1 is 1.10 bits per heavy atom. The van der Waals surface area contributed by atoms with Crippen LogP contribution in [0.5, 0.6) is 11.5 Å². The molecule has 4 rings (SSSR count). The number of hydrogen-bond donors (Lipinski definition) is 1. The van der Waals surface area contributed by atoms with Crippen molar-refractivity contribution in [3.05, 3.63) is 47.8 Å². The van der Waals surface area contributed by atoms with Crippen LogP contribution in [0.4, 0.5) is 5.69 Å². The molecule has 0 saturated heterocycles. The molecule has 2 heterocycles. The lowest BCUT2D eigenvalue weighted by atomic mass is 10.1. The summed E-state index contributed by atoms with van der Waals surface area (Å²) in [6.45, 7) is 7.19. The largest absolute Gasteiger partial charge is 0.493 e. The van der Waals surface area contributed by atoms with Gasteiger partial charge in [-0.1, -0.05) is 19.9 Å². The minimum absolute atomic E-state index is 0.0133. The summed E-state index contributed by atoms with van der Waals surface area (Å²) < 4.78 is 13.0.